The Kier molecular flexibility index (Phi) is 4.45. The van der Waals surface area contributed by atoms with Gasteiger partial charge in [0.1, 0.15) is 11.5 Å². The lowest BCUT2D eigenvalue weighted by Gasteiger charge is -2.12. The number of benzene rings is 1. The van der Waals surface area contributed by atoms with Crippen molar-refractivity contribution in [1.29, 1.82) is 0 Å². The molecule has 1 atom stereocenters. The smallest absolute Gasteiger partial charge is 0.135 e. The first kappa shape index (κ1) is 13.2. The van der Waals surface area contributed by atoms with Crippen LogP contribution < -0.4 is 5.32 Å². The van der Waals surface area contributed by atoms with Crippen LogP contribution in [0.15, 0.2) is 40.8 Å². The third kappa shape index (κ3) is 2.77. The third-order valence-electron chi connectivity index (χ3n) is 2.97. The summed E-state index contributed by atoms with van der Waals surface area (Å²) in [5.74, 6) is 1.79. The molecule has 2 aromatic rings. The Bertz CT molecular complexity index is 507. The lowest BCUT2D eigenvalue weighted by molar-refractivity contribution is 0.417. The summed E-state index contributed by atoms with van der Waals surface area (Å²) >= 11 is 6.17. The molecular formula is C15H18ClNO. The van der Waals surface area contributed by atoms with E-state index < -0.39 is 0 Å². The molecule has 1 N–H and O–H groups in total. The predicted octanol–water partition coefficient (Wildman–Crippen LogP) is 4.66. The van der Waals surface area contributed by atoms with Crippen LogP contribution in [0.1, 0.15) is 32.1 Å². The maximum absolute atomic E-state index is 6.17. The summed E-state index contributed by atoms with van der Waals surface area (Å²) < 4.78 is 5.91. The number of rotatable bonds is 5. The third-order valence-corrected chi connectivity index (χ3v) is 3.30. The Balaban J connectivity index is 2.28. The molecule has 3 heteroatoms. The highest BCUT2D eigenvalue weighted by molar-refractivity contribution is 6.33. The molecule has 0 amide bonds. The highest BCUT2D eigenvalue weighted by Gasteiger charge is 2.14. The van der Waals surface area contributed by atoms with Crippen molar-refractivity contribution < 1.29 is 4.42 Å². The second kappa shape index (κ2) is 6.07. The van der Waals surface area contributed by atoms with E-state index in [0.29, 0.717) is 0 Å². The van der Waals surface area contributed by atoms with E-state index in [4.69, 9.17) is 16.0 Å². The highest BCUT2D eigenvalue weighted by atomic mass is 35.5. The summed E-state index contributed by atoms with van der Waals surface area (Å²) in [7, 11) is 0. The first-order valence-corrected chi connectivity index (χ1v) is 6.72. The van der Waals surface area contributed by atoms with Crippen LogP contribution in [0, 0.1) is 0 Å². The van der Waals surface area contributed by atoms with Crippen molar-refractivity contribution in [3.8, 4) is 11.3 Å². The molecule has 1 aromatic heterocycles. The first-order valence-electron chi connectivity index (χ1n) is 6.34. The second-order valence-electron chi connectivity index (χ2n) is 4.20. The van der Waals surface area contributed by atoms with E-state index >= 15 is 0 Å². The molecule has 96 valence electrons. The van der Waals surface area contributed by atoms with Gasteiger partial charge in [-0.2, -0.15) is 0 Å². The van der Waals surface area contributed by atoms with Gasteiger partial charge in [-0.05, 0) is 37.2 Å². The monoisotopic (exact) mass is 263 g/mol. The number of hydrogen-bond acceptors (Lipinski definition) is 2. The van der Waals surface area contributed by atoms with Gasteiger partial charge in [-0.25, -0.2) is 0 Å². The lowest BCUT2D eigenvalue weighted by Crippen LogP contribution is -2.19. The van der Waals surface area contributed by atoms with Crippen molar-refractivity contribution in [3.63, 3.8) is 0 Å². The summed E-state index contributed by atoms with van der Waals surface area (Å²) in [6, 6.07) is 12.0. The zero-order valence-electron chi connectivity index (χ0n) is 10.7. The van der Waals surface area contributed by atoms with Crippen molar-refractivity contribution in [2.75, 3.05) is 6.54 Å². The van der Waals surface area contributed by atoms with Crippen molar-refractivity contribution in [3.05, 3.63) is 47.2 Å². The molecule has 0 aliphatic rings. The van der Waals surface area contributed by atoms with Crippen molar-refractivity contribution >= 4 is 11.6 Å². The van der Waals surface area contributed by atoms with E-state index in [2.05, 4.69) is 19.2 Å². The lowest BCUT2D eigenvalue weighted by atomic mass is 10.1. The van der Waals surface area contributed by atoms with Gasteiger partial charge < -0.3 is 9.73 Å². The van der Waals surface area contributed by atoms with Gasteiger partial charge in [-0.15, -0.1) is 0 Å². The number of furan rings is 1. The normalized spacial score (nSPS) is 12.6. The van der Waals surface area contributed by atoms with Crippen molar-refractivity contribution in [2.24, 2.45) is 0 Å². The molecule has 0 spiro atoms. The summed E-state index contributed by atoms with van der Waals surface area (Å²) in [6.45, 7) is 5.17. The van der Waals surface area contributed by atoms with Gasteiger partial charge in [0.05, 0.1) is 11.1 Å². The summed E-state index contributed by atoms with van der Waals surface area (Å²) in [6.07, 6.45) is 1.00. The molecule has 0 aliphatic carbocycles. The van der Waals surface area contributed by atoms with Gasteiger partial charge in [0, 0.05) is 5.56 Å². The molecule has 18 heavy (non-hydrogen) atoms. The summed E-state index contributed by atoms with van der Waals surface area (Å²) in [4.78, 5) is 0. The summed E-state index contributed by atoms with van der Waals surface area (Å²) in [5, 5.41) is 4.12. The zero-order valence-corrected chi connectivity index (χ0v) is 11.5. The van der Waals surface area contributed by atoms with Gasteiger partial charge >= 0.3 is 0 Å². The predicted molar refractivity (Wildman–Crippen MR) is 75.9 cm³/mol. The fraction of sp³-hybridized carbons (Fsp3) is 0.333. The van der Waals surface area contributed by atoms with E-state index in [1.807, 2.05) is 36.4 Å². The topological polar surface area (TPSA) is 25.2 Å². The molecule has 0 saturated carbocycles. The van der Waals surface area contributed by atoms with E-state index in [-0.39, 0.29) is 6.04 Å². The molecule has 2 nitrogen and oxygen atoms in total. The van der Waals surface area contributed by atoms with Gasteiger partial charge in [-0.1, -0.05) is 37.6 Å². The molecule has 0 bridgehead atoms. The zero-order chi connectivity index (χ0) is 13.0. The Morgan fingerprint density at radius 3 is 2.61 bits per heavy atom. The Morgan fingerprint density at radius 1 is 1.17 bits per heavy atom. The minimum absolute atomic E-state index is 0.270. The van der Waals surface area contributed by atoms with E-state index in [1.165, 1.54) is 0 Å². The van der Waals surface area contributed by atoms with Crippen LogP contribution in [-0.4, -0.2) is 6.54 Å². The standard InChI is InChI=1S/C15H18ClNO/c1-3-13(17-4-2)15-10-9-14(18-15)11-7-5-6-8-12(11)16/h5-10,13,17H,3-4H2,1-2H3. The van der Waals surface area contributed by atoms with Gasteiger partial charge in [-0.3, -0.25) is 0 Å². The Morgan fingerprint density at radius 2 is 1.94 bits per heavy atom. The Hall–Kier alpha value is -1.25. The number of nitrogens with one attached hydrogen (secondary N) is 1. The van der Waals surface area contributed by atoms with Crippen LogP contribution in [-0.2, 0) is 0 Å². The summed E-state index contributed by atoms with van der Waals surface area (Å²) in [5.41, 5.74) is 0.941. The molecule has 0 radical (unpaired) electrons. The van der Waals surface area contributed by atoms with E-state index in [1.54, 1.807) is 0 Å². The number of hydrogen-bond donors (Lipinski definition) is 1. The molecule has 0 saturated heterocycles. The molecule has 1 unspecified atom stereocenters. The molecular weight excluding hydrogens is 246 g/mol. The average molecular weight is 264 g/mol. The second-order valence-corrected chi connectivity index (χ2v) is 4.61. The quantitative estimate of drug-likeness (QED) is 0.849. The van der Waals surface area contributed by atoms with Crippen LogP contribution in [0.4, 0.5) is 0 Å². The molecule has 2 rings (SSSR count). The largest absolute Gasteiger partial charge is 0.459 e. The average Bonchev–Trinajstić information content (AvgIpc) is 2.85. The minimum atomic E-state index is 0.270. The van der Waals surface area contributed by atoms with Crippen LogP contribution >= 0.6 is 11.6 Å². The van der Waals surface area contributed by atoms with Gasteiger partial charge in [0.25, 0.3) is 0 Å². The van der Waals surface area contributed by atoms with E-state index in [9.17, 15) is 0 Å². The fourth-order valence-electron chi connectivity index (χ4n) is 2.04. The van der Waals surface area contributed by atoms with E-state index in [0.717, 1.165) is 35.1 Å². The maximum Gasteiger partial charge on any atom is 0.135 e. The van der Waals surface area contributed by atoms with Crippen LogP contribution in [0.3, 0.4) is 0 Å². The van der Waals surface area contributed by atoms with Gasteiger partial charge in [0.15, 0.2) is 0 Å². The highest BCUT2D eigenvalue weighted by Crippen LogP contribution is 2.31. The molecule has 0 aliphatic heterocycles. The fourth-order valence-corrected chi connectivity index (χ4v) is 2.27. The molecule has 1 heterocycles. The van der Waals surface area contributed by atoms with Crippen molar-refractivity contribution in [2.45, 2.75) is 26.3 Å². The van der Waals surface area contributed by atoms with Crippen molar-refractivity contribution in [1.82, 2.24) is 5.32 Å². The maximum atomic E-state index is 6.17. The van der Waals surface area contributed by atoms with Crippen LogP contribution in [0.5, 0.6) is 0 Å². The van der Waals surface area contributed by atoms with Crippen LogP contribution in [0.2, 0.25) is 5.02 Å². The van der Waals surface area contributed by atoms with Crippen LogP contribution in [0.25, 0.3) is 11.3 Å². The van der Waals surface area contributed by atoms with Gasteiger partial charge in [0.2, 0.25) is 0 Å². The number of halogens is 1. The minimum Gasteiger partial charge on any atom is -0.459 e. The Labute approximate surface area is 113 Å². The molecule has 1 aromatic carbocycles. The first-order chi connectivity index (χ1) is 8.76. The SMILES string of the molecule is CCNC(CC)c1ccc(-c2ccccc2Cl)o1. The molecule has 0 fully saturated rings.